The fraction of sp³-hybridized carbons (Fsp3) is 0. The minimum atomic E-state index is -0.422. The summed E-state index contributed by atoms with van der Waals surface area (Å²) in [5, 5.41) is 9.02. The van der Waals surface area contributed by atoms with Crippen LogP contribution in [-0.4, -0.2) is 16.1 Å². The van der Waals surface area contributed by atoms with Crippen LogP contribution in [0, 0.1) is 0 Å². The summed E-state index contributed by atoms with van der Waals surface area (Å²) in [6.07, 6.45) is 0. The highest BCUT2D eigenvalue weighted by Crippen LogP contribution is 2.26. The summed E-state index contributed by atoms with van der Waals surface area (Å²) in [6, 6.07) is 7.56. The van der Waals surface area contributed by atoms with Crippen LogP contribution in [-0.2, 0) is 0 Å². The summed E-state index contributed by atoms with van der Waals surface area (Å²) < 4.78 is 0.660. The Morgan fingerprint density at radius 1 is 1.33 bits per heavy atom. The maximum absolute atomic E-state index is 11.8. The molecule has 7 heteroatoms. The van der Waals surface area contributed by atoms with Crippen molar-refractivity contribution in [2.24, 2.45) is 0 Å². The Balaban J connectivity index is 2.21. The molecule has 2 rings (SSSR count). The molecule has 2 aromatic rings. The minimum Gasteiger partial charge on any atom is -0.320 e. The standard InChI is InChI=1S/C11H7BrClN3O2/c12-7-5-6(13)1-2-8(7)14-11(18)9-3-4-10(17)16-15-9/h1-5H,(H,14,18)(H,16,17). The van der Waals surface area contributed by atoms with Crippen molar-refractivity contribution in [3.8, 4) is 0 Å². The first kappa shape index (κ1) is 12.8. The molecule has 18 heavy (non-hydrogen) atoms. The second kappa shape index (κ2) is 5.32. The van der Waals surface area contributed by atoms with Gasteiger partial charge in [0, 0.05) is 15.6 Å². The molecular formula is C11H7BrClN3O2. The van der Waals surface area contributed by atoms with Gasteiger partial charge in [0.05, 0.1) is 5.69 Å². The lowest BCUT2D eigenvalue weighted by Crippen LogP contribution is -2.17. The van der Waals surface area contributed by atoms with Crippen molar-refractivity contribution in [1.82, 2.24) is 10.2 Å². The van der Waals surface area contributed by atoms with E-state index >= 15 is 0 Å². The third-order valence-electron chi connectivity index (χ3n) is 2.09. The molecule has 1 heterocycles. The lowest BCUT2D eigenvalue weighted by atomic mass is 10.3. The van der Waals surface area contributed by atoms with Gasteiger partial charge in [0.1, 0.15) is 5.69 Å². The third-order valence-corrected chi connectivity index (χ3v) is 2.98. The van der Waals surface area contributed by atoms with Crippen LogP contribution in [0.5, 0.6) is 0 Å². The number of aromatic amines is 1. The number of benzene rings is 1. The number of H-pyrrole nitrogens is 1. The van der Waals surface area contributed by atoms with Crippen molar-refractivity contribution in [3.05, 3.63) is 55.9 Å². The Morgan fingerprint density at radius 3 is 2.72 bits per heavy atom. The first-order chi connectivity index (χ1) is 8.56. The molecule has 92 valence electrons. The second-order valence-corrected chi connectivity index (χ2v) is 4.68. The molecule has 0 aliphatic carbocycles. The number of aromatic nitrogens is 2. The number of carbonyl (C=O) groups excluding carboxylic acids is 1. The zero-order valence-corrected chi connectivity index (χ0v) is 11.2. The van der Waals surface area contributed by atoms with Crippen molar-refractivity contribution in [2.45, 2.75) is 0 Å². The lowest BCUT2D eigenvalue weighted by Gasteiger charge is -2.06. The van der Waals surface area contributed by atoms with E-state index in [4.69, 9.17) is 11.6 Å². The van der Waals surface area contributed by atoms with Crippen LogP contribution >= 0.6 is 27.5 Å². The van der Waals surface area contributed by atoms with Gasteiger partial charge in [-0.25, -0.2) is 5.10 Å². The molecule has 0 atom stereocenters. The number of nitrogens with zero attached hydrogens (tertiary/aromatic N) is 1. The number of hydrogen-bond acceptors (Lipinski definition) is 3. The molecule has 0 unspecified atom stereocenters. The summed E-state index contributed by atoms with van der Waals surface area (Å²) >= 11 is 9.08. The highest BCUT2D eigenvalue weighted by atomic mass is 79.9. The Hall–Kier alpha value is -1.66. The quantitative estimate of drug-likeness (QED) is 0.889. The van der Waals surface area contributed by atoms with E-state index in [-0.39, 0.29) is 11.3 Å². The van der Waals surface area contributed by atoms with Crippen LogP contribution in [0.1, 0.15) is 10.5 Å². The predicted octanol–water partition coefficient (Wildman–Crippen LogP) is 2.44. The number of hydrogen-bond donors (Lipinski definition) is 2. The normalized spacial score (nSPS) is 10.1. The van der Waals surface area contributed by atoms with E-state index in [1.54, 1.807) is 18.2 Å². The number of halogens is 2. The smallest absolute Gasteiger partial charge is 0.276 e. The lowest BCUT2D eigenvalue weighted by molar-refractivity contribution is 0.102. The molecule has 0 radical (unpaired) electrons. The van der Waals surface area contributed by atoms with Crippen molar-refractivity contribution in [2.75, 3.05) is 5.32 Å². The molecular weight excluding hydrogens is 321 g/mol. The molecule has 0 fully saturated rings. The van der Waals surface area contributed by atoms with Crippen molar-refractivity contribution < 1.29 is 4.79 Å². The predicted molar refractivity (Wildman–Crippen MR) is 72.0 cm³/mol. The van der Waals surface area contributed by atoms with Crippen LogP contribution in [0.2, 0.25) is 5.02 Å². The summed E-state index contributed by atoms with van der Waals surface area (Å²) in [7, 11) is 0. The van der Waals surface area contributed by atoms with Gasteiger partial charge >= 0.3 is 0 Å². The van der Waals surface area contributed by atoms with Crippen molar-refractivity contribution in [3.63, 3.8) is 0 Å². The van der Waals surface area contributed by atoms with Crippen LogP contribution < -0.4 is 10.9 Å². The number of anilines is 1. The third kappa shape index (κ3) is 2.96. The SMILES string of the molecule is O=C(Nc1ccc(Cl)cc1Br)c1ccc(=O)[nH]n1. The molecule has 5 nitrogen and oxygen atoms in total. The molecule has 0 aliphatic heterocycles. The number of rotatable bonds is 2. The minimum absolute atomic E-state index is 0.122. The first-order valence-corrected chi connectivity index (χ1v) is 6.05. The van der Waals surface area contributed by atoms with E-state index in [9.17, 15) is 9.59 Å². The van der Waals surface area contributed by atoms with Crippen molar-refractivity contribution in [1.29, 1.82) is 0 Å². The zero-order valence-electron chi connectivity index (χ0n) is 8.91. The van der Waals surface area contributed by atoms with Crippen LogP contribution in [0.25, 0.3) is 0 Å². The fourth-order valence-corrected chi connectivity index (χ4v) is 2.03. The monoisotopic (exact) mass is 327 g/mol. The number of amides is 1. The topological polar surface area (TPSA) is 74.8 Å². The molecule has 1 amide bonds. The van der Waals surface area contributed by atoms with E-state index in [1.807, 2.05) is 0 Å². The van der Waals surface area contributed by atoms with Gasteiger partial charge in [-0.3, -0.25) is 9.59 Å². The van der Waals surface area contributed by atoms with E-state index in [2.05, 4.69) is 31.4 Å². The molecule has 1 aromatic carbocycles. The Bertz CT molecular complexity index is 636. The summed E-state index contributed by atoms with van der Waals surface area (Å²) in [6.45, 7) is 0. The first-order valence-electron chi connectivity index (χ1n) is 4.88. The second-order valence-electron chi connectivity index (χ2n) is 3.38. The van der Waals surface area contributed by atoms with Crippen LogP contribution in [0.4, 0.5) is 5.69 Å². The molecule has 2 N–H and O–H groups in total. The largest absolute Gasteiger partial charge is 0.320 e. The molecule has 0 spiro atoms. The maximum Gasteiger partial charge on any atom is 0.276 e. The van der Waals surface area contributed by atoms with Gasteiger partial charge in [-0.15, -0.1) is 0 Å². The highest BCUT2D eigenvalue weighted by Gasteiger charge is 2.09. The van der Waals surface area contributed by atoms with Crippen molar-refractivity contribution >= 4 is 39.1 Å². The van der Waals surface area contributed by atoms with Gasteiger partial charge in [-0.05, 0) is 40.2 Å². The van der Waals surface area contributed by atoms with Gasteiger partial charge in [0.25, 0.3) is 11.5 Å². The Kier molecular flexibility index (Phi) is 3.78. The van der Waals surface area contributed by atoms with Gasteiger partial charge < -0.3 is 5.32 Å². The maximum atomic E-state index is 11.8. The van der Waals surface area contributed by atoms with E-state index in [0.29, 0.717) is 15.2 Å². The average Bonchev–Trinajstić information content (AvgIpc) is 2.33. The molecule has 0 aliphatic rings. The van der Waals surface area contributed by atoms with Crippen LogP contribution in [0.15, 0.2) is 39.6 Å². The number of carbonyl (C=O) groups is 1. The summed E-state index contributed by atoms with van der Waals surface area (Å²) in [5.41, 5.74) is 0.327. The Labute approximate surface area is 115 Å². The van der Waals surface area contributed by atoms with Crippen LogP contribution in [0.3, 0.4) is 0 Å². The summed E-state index contributed by atoms with van der Waals surface area (Å²) in [5.74, 6) is -0.422. The zero-order chi connectivity index (χ0) is 13.1. The number of nitrogens with one attached hydrogen (secondary N) is 2. The van der Waals surface area contributed by atoms with Gasteiger partial charge in [0.2, 0.25) is 0 Å². The molecule has 0 saturated heterocycles. The van der Waals surface area contributed by atoms with E-state index < -0.39 is 5.91 Å². The molecule has 0 saturated carbocycles. The summed E-state index contributed by atoms with van der Waals surface area (Å²) in [4.78, 5) is 22.6. The average molecular weight is 329 g/mol. The Morgan fingerprint density at radius 2 is 2.11 bits per heavy atom. The van der Waals surface area contributed by atoms with Gasteiger partial charge in [-0.1, -0.05) is 11.6 Å². The molecule has 0 bridgehead atoms. The van der Waals surface area contributed by atoms with Gasteiger partial charge in [0.15, 0.2) is 0 Å². The fourth-order valence-electron chi connectivity index (χ4n) is 1.25. The van der Waals surface area contributed by atoms with Gasteiger partial charge in [-0.2, -0.15) is 5.10 Å². The molecule has 1 aromatic heterocycles. The highest BCUT2D eigenvalue weighted by molar-refractivity contribution is 9.10. The van der Waals surface area contributed by atoms with E-state index in [0.717, 1.165) is 0 Å². The van der Waals surface area contributed by atoms with E-state index in [1.165, 1.54) is 12.1 Å².